The molecule has 1 atom stereocenters. The highest BCUT2D eigenvalue weighted by atomic mass is 16.5. The van der Waals surface area contributed by atoms with Crippen molar-refractivity contribution >= 4 is 29.8 Å². The zero-order valence-corrected chi connectivity index (χ0v) is 18.7. The van der Waals surface area contributed by atoms with Crippen molar-refractivity contribution in [1.29, 1.82) is 0 Å². The van der Waals surface area contributed by atoms with E-state index in [9.17, 15) is 19.2 Å². The Hall–Kier alpha value is -3.36. The maximum Gasteiger partial charge on any atom is 0.328 e. The third-order valence-corrected chi connectivity index (χ3v) is 5.06. The summed E-state index contributed by atoms with van der Waals surface area (Å²) in [6.45, 7) is 3.97. The van der Waals surface area contributed by atoms with Gasteiger partial charge in [0.2, 0.25) is 5.91 Å². The van der Waals surface area contributed by atoms with Crippen molar-refractivity contribution in [2.45, 2.75) is 32.7 Å². The minimum atomic E-state index is -0.912. The number of hydrogen-bond donors (Lipinski definition) is 1. The average molecular weight is 447 g/mol. The normalized spacial score (nSPS) is 15.2. The second-order valence-electron chi connectivity index (χ2n) is 7.35. The lowest BCUT2D eigenvalue weighted by Gasteiger charge is -2.30. The largest absolute Gasteiger partial charge is 0.497 e. The van der Waals surface area contributed by atoms with Gasteiger partial charge in [-0.25, -0.2) is 4.79 Å². The smallest absolute Gasteiger partial charge is 0.328 e. The van der Waals surface area contributed by atoms with Crippen LogP contribution in [0.4, 0.5) is 0 Å². The Balaban J connectivity index is 1.71. The van der Waals surface area contributed by atoms with Gasteiger partial charge in [0.05, 0.1) is 19.6 Å². The highest BCUT2D eigenvalue weighted by molar-refractivity contribution is 5.94. The summed E-state index contributed by atoms with van der Waals surface area (Å²) in [5, 5.41) is 2.50. The van der Waals surface area contributed by atoms with Gasteiger partial charge in [-0.1, -0.05) is 12.1 Å². The molecule has 0 bridgehead atoms. The maximum absolute atomic E-state index is 12.3. The molecule has 1 unspecified atom stereocenters. The number of carbonyl (C=O) groups excluding carboxylic acids is 4. The Labute approximate surface area is 187 Å². The van der Waals surface area contributed by atoms with E-state index in [4.69, 9.17) is 14.2 Å². The molecule has 9 heteroatoms. The monoisotopic (exact) mass is 446 g/mol. The third-order valence-electron chi connectivity index (χ3n) is 5.06. The summed E-state index contributed by atoms with van der Waals surface area (Å²) in [5.74, 6) is -1.23. The van der Waals surface area contributed by atoms with Crippen molar-refractivity contribution in [2.24, 2.45) is 5.92 Å². The fourth-order valence-corrected chi connectivity index (χ4v) is 3.18. The summed E-state index contributed by atoms with van der Waals surface area (Å²) in [4.78, 5) is 49.8. The minimum Gasteiger partial charge on any atom is -0.497 e. The van der Waals surface area contributed by atoms with E-state index in [1.807, 2.05) is 0 Å². The molecule has 1 N–H and O–H groups in total. The summed E-state index contributed by atoms with van der Waals surface area (Å²) < 4.78 is 15.1. The van der Waals surface area contributed by atoms with Crippen LogP contribution in [0.5, 0.6) is 5.75 Å². The summed E-state index contributed by atoms with van der Waals surface area (Å²) in [6, 6.07) is 6.22. The number of amides is 2. The second kappa shape index (κ2) is 12.5. The molecule has 2 amide bonds. The molecule has 1 heterocycles. The summed E-state index contributed by atoms with van der Waals surface area (Å²) in [6.07, 6.45) is 3.96. The Morgan fingerprint density at radius 3 is 2.38 bits per heavy atom. The Kier molecular flexibility index (Phi) is 9.72. The van der Waals surface area contributed by atoms with Gasteiger partial charge < -0.3 is 24.4 Å². The van der Waals surface area contributed by atoms with Crippen LogP contribution in [-0.4, -0.2) is 68.1 Å². The summed E-state index contributed by atoms with van der Waals surface area (Å²) in [7, 11) is 1.57. The molecule has 1 aliphatic heterocycles. The fraction of sp³-hybridized carbons (Fsp3) is 0.478. The molecule has 0 aliphatic carbocycles. The molecular weight excluding hydrogens is 416 g/mol. The Morgan fingerprint density at radius 2 is 1.78 bits per heavy atom. The fourth-order valence-electron chi connectivity index (χ4n) is 3.18. The first-order valence-corrected chi connectivity index (χ1v) is 10.6. The van der Waals surface area contributed by atoms with Gasteiger partial charge >= 0.3 is 11.9 Å². The maximum atomic E-state index is 12.3. The Bertz CT molecular complexity index is 827. The molecule has 174 valence electrons. The molecule has 1 fully saturated rings. The molecule has 9 nitrogen and oxygen atoms in total. The molecular formula is C23H30N2O7. The van der Waals surface area contributed by atoms with Crippen LogP contribution in [0.1, 0.15) is 32.3 Å². The van der Waals surface area contributed by atoms with E-state index in [2.05, 4.69) is 5.32 Å². The average Bonchev–Trinajstić information content (AvgIpc) is 2.81. The minimum absolute atomic E-state index is 0.206. The van der Waals surface area contributed by atoms with E-state index >= 15 is 0 Å². The lowest BCUT2D eigenvalue weighted by Crippen LogP contribution is -2.44. The molecule has 32 heavy (non-hydrogen) atoms. The van der Waals surface area contributed by atoms with E-state index in [-0.39, 0.29) is 17.8 Å². The van der Waals surface area contributed by atoms with E-state index in [1.54, 1.807) is 49.3 Å². The number of benzene rings is 1. The number of hydrogen-bond acceptors (Lipinski definition) is 7. The number of esters is 2. The van der Waals surface area contributed by atoms with Gasteiger partial charge in [-0.15, -0.1) is 0 Å². The molecule has 1 aromatic carbocycles. The lowest BCUT2D eigenvalue weighted by atomic mass is 9.97. The van der Waals surface area contributed by atoms with Crippen LogP contribution in [0.15, 0.2) is 30.3 Å². The van der Waals surface area contributed by atoms with E-state index < -0.39 is 24.5 Å². The van der Waals surface area contributed by atoms with Crippen LogP contribution in [-0.2, 0) is 28.7 Å². The SMILES string of the molecule is CCOC(=O)C1CCN(C(=O)COC(=O)C(C)NC(=O)C=Cc2ccc(OC)cc2)CC1. The van der Waals surface area contributed by atoms with Crippen LogP contribution < -0.4 is 10.1 Å². The number of nitrogens with one attached hydrogen (secondary N) is 1. The standard InChI is InChI=1S/C23H30N2O7/c1-4-31-23(29)18-11-13-25(14-12-18)21(27)15-32-22(28)16(2)24-20(26)10-7-17-5-8-19(30-3)9-6-17/h5-10,16,18H,4,11-15H2,1-3H3,(H,24,26). The molecule has 0 radical (unpaired) electrons. The molecule has 0 saturated carbocycles. The first-order valence-electron chi connectivity index (χ1n) is 10.6. The van der Waals surface area contributed by atoms with Gasteiger partial charge in [0.15, 0.2) is 6.61 Å². The molecule has 1 aliphatic rings. The van der Waals surface area contributed by atoms with E-state index in [1.165, 1.54) is 13.0 Å². The molecule has 1 saturated heterocycles. The molecule has 0 spiro atoms. The van der Waals surface area contributed by atoms with E-state index in [0.717, 1.165) is 5.56 Å². The van der Waals surface area contributed by atoms with Gasteiger partial charge in [-0.3, -0.25) is 14.4 Å². The predicted molar refractivity (Wildman–Crippen MR) is 117 cm³/mol. The first-order chi connectivity index (χ1) is 15.3. The topological polar surface area (TPSA) is 111 Å². The molecule has 2 rings (SSSR count). The number of rotatable bonds is 9. The highest BCUT2D eigenvalue weighted by Gasteiger charge is 2.28. The molecule has 0 aromatic heterocycles. The van der Waals surface area contributed by atoms with Gasteiger partial charge in [-0.2, -0.15) is 0 Å². The van der Waals surface area contributed by atoms with Gasteiger partial charge in [0.25, 0.3) is 5.91 Å². The lowest BCUT2D eigenvalue weighted by molar-refractivity contribution is -0.156. The van der Waals surface area contributed by atoms with Gasteiger partial charge in [0, 0.05) is 19.2 Å². The van der Waals surface area contributed by atoms with Crippen molar-refractivity contribution in [2.75, 3.05) is 33.4 Å². The Morgan fingerprint density at radius 1 is 1.12 bits per heavy atom. The number of ether oxygens (including phenoxy) is 3. The number of likely N-dealkylation sites (tertiary alicyclic amines) is 1. The third kappa shape index (κ3) is 7.72. The van der Waals surface area contributed by atoms with Crippen molar-refractivity contribution in [3.63, 3.8) is 0 Å². The van der Waals surface area contributed by atoms with Crippen molar-refractivity contribution in [3.8, 4) is 5.75 Å². The van der Waals surface area contributed by atoms with Gasteiger partial charge in [0.1, 0.15) is 11.8 Å². The van der Waals surface area contributed by atoms with Crippen molar-refractivity contribution in [1.82, 2.24) is 10.2 Å². The molecule has 1 aromatic rings. The zero-order valence-electron chi connectivity index (χ0n) is 18.7. The number of nitrogens with zero attached hydrogens (tertiary/aromatic N) is 1. The quantitative estimate of drug-likeness (QED) is 0.453. The van der Waals surface area contributed by atoms with Crippen LogP contribution in [0.2, 0.25) is 0 Å². The first kappa shape index (κ1) is 24.9. The number of piperidine rings is 1. The van der Waals surface area contributed by atoms with Crippen molar-refractivity contribution in [3.05, 3.63) is 35.9 Å². The second-order valence-corrected chi connectivity index (χ2v) is 7.35. The van der Waals surface area contributed by atoms with E-state index in [0.29, 0.717) is 38.3 Å². The summed E-state index contributed by atoms with van der Waals surface area (Å²) in [5.41, 5.74) is 0.800. The van der Waals surface area contributed by atoms with Crippen LogP contribution in [0.25, 0.3) is 6.08 Å². The zero-order chi connectivity index (χ0) is 23.5. The summed E-state index contributed by atoms with van der Waals surface area (Å²) >= 11 is 0. The van der Waals surface area contributed by atoms with Crippen LogP contribution >= 0.6 is 0 Å². The predicted octanol–water partition coefficient (Wildman–Crippen LogP) is 1.56. The van der Waals surface area contributed by atoms with Crippen molar-refractivity contribution < 1.29 is 33.4 Å². The highest BCUT2D eigenvalue weighted by Crippen LogP contribution is 2.19. The van der Waals surface area contributed by atoms with Crippen LogP contribution in [0.3, 0.4) is 0 Å². The van der Waals surface area contributed by atoms with Gasteiger partial charge in [-0.05, 0) is 50.5 Å². The van der Waals surface area contributed by atoms with Crippen LogP contribution in [0, 0.1) is 5.92 Å². The number of carbonyl (C=O) groups is 4. The number of methoxy groups -OCH3 is 1.